The van der Waals surface area contributed by atoms with E-state index in [1.54, 1.807) is 50.4 Å². The van der Waals surface area contributed by atoms with E-state index in [1.807, 2.05) is 0 Å². The molecule has 0 aromatic heterocycles. The quantitative estimate of drug-likeness (QED) is 0.666. The molecule has 156 valence electrons. The van der Waals surface area contributed by atoms with Crippen LogP contribution in [0.4, 0.5) is 0 Å². The van der Waals surface area contributed by atoms with Crippen molar-refractivity contribution in [1.29, 1.82) is 0 Å². The van der Waals surface area contributed by atoms with Gasteiger partial charge in [0.05, 0.1) is 18.6 Å². The summed E-state index contributed by atoms with van der Waals surface area (Å²) in [4.78, 5) is 12.7. The molecule has 1 fully saturated rings. The van der Waals surface area contributed by atoms with E-state index in [-0.39, 0.29) is 10.8 Å². The molecule has 29 heavy (non-hydrogen) atoms. The molecule has 7 nitrogen and oxygen atoms in total. The first-order chi connectivity index (χ1) is 13.9. The van der Waals surface area contributed by atoms with Crippen LogP contribution in [0, 0.1) is 6.92 Å². The second kappa shape index (κ2) is 9.28. The van der Waals surface area contributed by atoms with Gasteiger partial charge in [0.2, 0.25) is 10.0 Å². The van der Waals surface area contributed by atoms with Crippen molar-refractivity contribution in [2.24, 2.45) is 0 Å². The summed E-state index contributed by atoms with van der Waals surface area (Å²) in [6.45, 7) is 3.39. The van der Waals surface area contributed by atoms with Gasteiger partial charge in [0.1, 0.15) is 18.1 Å². The molecule has 8 heteroatoms. The van der Waals surface area contributed by atoms with Crippen LogP contribution in [0.5, 0.6) is 11.5 Å². The van der Waals surface area contributed by atoms with Gasteiger partial charge < -0.3 is 14.8 Å². The number of amides is 1. The lowest BCUT2D eigenvalue weighted by atomic mass is 10.1. The zero-order valence-corrected chi connectivity index (χ0v) is 17.5. The molecule has 2 aromatic carbocycles. The Labute approximate surface area is 171 Å². The fraction of sp³-hybridized carbons (Fsp3) is 0.381. The monoisotopic (exact) mass is 418 g/mol. The topological polar surface area (TPSA) is 84.9 Å². The largest absolute Gasteiger partial charge is 0.497 e. The number of carbonyl (C=O) groups is 1. The van der Waals surface area contributed by atoms with Gasteiger partial charge in [-0.3, -0.25) is 4.79 Å². The Kier molecular flexibility index (Phi) is 6.76. The zero-order valence-electron chi connectivity index (χ0n) is 16.7. The van der Waals surface area contributed by atoms with E-state index in [0.717, 1.165) is 18.6 Å². The average Bonchev–Trinajstić information content (AvgIpc) is 3.27. The third-order valence-corrected chi connectivity index (χ3v) is 6.89. The molecule has 1 N–H and O–H groups in total. The Morgan fingerprint density at radius 3 is 2.38 bits per heavy atom. The van der Waals surface area contributed by atoms with Crippen molar-refractivity contribution in [1.82, 2.24) is 9.62 Å². The van der Waals surface area contributed by atoms with E-state index in [4.69, 9.17) is 9.47 Å². The maximum absolute atomic E-state index is 12.9. The number of sulfonamides is 1. The van der Waals surface area contributed by atoms with E-state index < -0.39 is 10.0 Å². The number of aryl methyl sites for hydroxylation is 1. The molecule has 0 saturated carbocycles. The van der Waals surface area contributed by atoms with Gasteiger partial charge in [0.15, 0.2) is 0 Å². The summed E-state index contributed by atoms with van der Waals surface area (Å²) in [6, 6.07) is 11.9. The number of nitrogens with zero attached hydrogens (tertiary/aromatic N) is 1. The highest BCUT2D eigenvalue weighted by molar-refractivity contribution is 7.89. The fourth-order valence-electron chi connectivity index (χ4n) is 3.19. The fourth-order valence-corrected chi connectivity index (χ4v) is 4.96. The van der Waals surface area contributed by atoms with Crippen LogP contribution in [0.1, 0.15) is 28.8 Å². The van der Waals surface area contributed by atoms with Crippen LogP contribution >= 0.6 is 0 Å². The van der Waals surface area contributed by atoms with Crippen LogP contribution in [0.15, 0.2) is 47.4 Å². The highest BCUT2D eigenvalue weighted by Crippen LogP contribution is 2.24. The molecule has 0 atom stereocenters. The molecular formula is C21H26N2O5S. The normalized spacial score (nSPS) is 14.6. The van der Waals surface area contributed by atoms with E-state index in [2.05, 4.69) is 5.32 Å². The maximum Gasteiger partial charge on any atom is 0.251 e. The minimum atomic E-state index is -3.57. The molecule has 0 spiro atoms. The summed E-state index contributed by atoms with van der Waals surface area (Å²) in [6.07, 6.45) is 1.74. The van der Waals surface area contributed by atoms with Crippen molar-refractivity contribution in [3.05, 3.63) is 53.6 Å². The number of rotatable bonds is 8. The lowest BCUT2D eigenvalue weighted by molar-refractivity contribution is 0.0947. The maximum atomic E-state index is 12.9. The first kappa shape index (κ1) is 21.1. The number of hydrogen-bond donors (Lipinski definition) is 1. The standard InChI is InChI=1S/C21H26N2O5S/c1-16-5-6-17(15-20(16)29(25,26)23-12-3-4-13-23)21(24)22-11-14-28-19-9-7-18(27-2)8-10-19/h5-10,15H,3-4,11-14H2,1-2H3,(H,22,24). The highest BCUT2D eigenvalue weighted by atomic mass is 32.2. The van der Waals surface area contributed by atoms with E-state index in [9.17, 15) is 13.2 Å². The molecule has 1 aliphatic rings. The third kappa shape index (κ3) is 5.07. The third-order valence-electron chi connectivity index (χ3n) is 4.85. The van der Waals surface area contributed by atoms with Crippen molar-refractivity contribution in [3.8, 4) is 11.5 Å². The van der Waals surface area contributed by atoms with Gasteiger partial charge in [-0.15, -0.1) is 0 Å². The van der Waals surface area contributed by atoms with Crippen LogP contribution in [-0.2, 0) is 10.0 Å². The summed E-state index contributed by atoms with van der Waals surface area (Å²) in [5.41, 5.74) is 0.953. The second-order valence-corrected chi connectivity index (χ2v) is 8.78. The Morgan fingerprint density at radius 1 is 1.07 bits per heavy atom. The lowest BCUT2D eigenvalue weighted by Gasteiger charge is -2.18. The SMILES string of the molecule is COc1ccc(OCCNC(=O)c2ccc(C)c(S(=O)(=O)N3CCCC3)c2)cc1. The summed E-state index contributed by atoms with van der Waals surface area (Å²) in [5, 5.41) is 2.76. The minimum Gasteiger partial charge on any atom is -0.497 e. The number of hydrogen-bond acceptors (Lipinski definition) is 5. The number of carbonyl (C=O) groups excluding carboxylic acids is 1. The van der Waals surface area contributed by atoms with Crippen molar-refractivity contribution < 1.29 is 22.7 Å². The van der Waals surface area contributed by atoms with Gasteiger partial charge in [-0.1, -0.05) is 6.07 Å². The first-order valence-corrected chi connectivity index (χ1v) is 11.0. The molecule has 1 saturated heterocycles. The number of methoxy groups -OCH3 is 1. The van der Waals surface area contributed by atoms with Crippen LogP contribution in [0.3, 0.4) is 0 Å². The highest BCUT2D eigenvalue weighted by Gasteiger charge is 2.29. The number of ether oxygens (including phenoxy) is 2. The molecule has 1 aliphatic heterocycles. The van der Waals surface area contributed by atoms with Crippen molar-refractivity contribution in [2.45, 2.75) is 24.7 Å². The van der Waals surface area contributed by atoms with Gasteiger partial charge in [-0.2, -0.15) is 4.31 Å². The molecule has 0 aliphatic carbocycles. The molecule has 0 bridgehead atoms. The number of benzene rings is 2. The summed E-state index contributed by atoms with van der Waals surface area (Å²) < 4.78 is 37.9. The molecular weight excluding hydrogens is 392 g/mol. The Hall–Kier alpha value is -2.58. The first-order valence-electron chi connectivity index (χ1n) is 9.57. The van der Waals surface area contributed by atoms with Crippen molar-refractivity contribution in [2.75, 3.05) is 33.4 Å². The molecule has 0 radical (unpaired) electrons. The van der Waals surface area contributed by atoms with Crippen LogP contribution < -0.4 is 14.8 Å². The van der Waals surface area contributed by atoms with Crippen molar-refractivity contribution >= 4 is 15.9 Å². The van der Waals surface area contributed by atoms with Crippen LogP contribution in [0.25, 0.3) is 0 Å². The van der Waals surface area contributed by atoms with Gasteiger partial charge in [0.25, 0.3) is 5.91 Å². The van der Waals surface area contributed by atoms with Gasteiger partial charge in [-0.25, -0.2) is 8.42 Å². The van der Waals surface area contributed by atoms with E-state index in [0.29, 0.717) is 43.1 Å². The molecule has 0 unspecified atom stereocenters. The van der Waals surface area contributed by atoms with Crippen LogP contribution in [0.2, 0.25) is 0 Å². The van der Waals surface area contributed by atoms with Crippen LogP contribution in [-0.4, -0.2) is 52.0 Å². The van der Waals surface area contributed by atoms with Gasteiger partial charge in [0, 0.05) is 18.7 Å². The van der Waals surface area contributed by atoms with Gasteiger partial charge in [-0.05, 0) is 61.7 Å². The summed E-state index contributed by atoms with van der Waals surface area (Å²) >= 11 is 0. The minimum absolute atomic E-state index is 0.196. The number of nitrogens with one attached hydrogen (secondary N) is 1. The van der Waals surface area contributed by atoms with Crippen molar-refractivity contribution in [3.63, 3.8) is 0 Å². The zero-order chi connectivity index (χ0) is 20.9. The second-order valence-electron chi connectivity index (χ2n) is 6.87. The Morgan fingerprint density at radius 2 is 1.72 bits per heavy atom. The lowest BCUT2D eigenvalue weighted by Crippen LogP contribution is -2.30. The van der Waals surface area contributed by atoms with Gasteiger partial charge >= 0.3 is 0 Å². The molecule has 2 aromatic rings. The van der Waals surface area contributed by atoms with E-state index in [1.165, 1.54) is 10.4 Å². The molecule has 1 amide bonds. The smallest absolute Gasteiger partial charge is 0.251 e. The van der Waals surface area contributed by atoms with E-state index >= 15 is 0 Å². The predicted octanol–water partition coefficient (Wildman–Crippen LogP) is 2.60. The predicted molar refractivity (Wildman–Crippen MR) is 110 cm³/mol. The summed E-state index contributed by atoms with van der Waals surface area (Å²) in [5.74, 6) is 1.08. The Balaban J connectivity index is 1.59. The Bertz CT molecular complexity index is 952. The molecule has 3 rings (SSSR count). The molecule has 1 heterocycles. The summed E-state index contributed by atoms with van der Waals surface area (Å²) in [7, 11) is -1.98. The average molecular weight is 419 g/mol.